The first-order chi connectivity index (χ1) is 13.8. The summed E-state index contributed by atoms with van der Waals surface area (Å²) in [5.41, 5.74) is -0.0532. The second-order valence-corrected chi connectivity index (χ2v) is 8.40. The number of hydrogen-bond acceptors (Lipinski definition) is 5. The fourth-order valence-electron chi connectivity index (χ4n) is 4.79. The predicted molar refractivity (Wildman–Crippen MR) is 108 cm³/mol. The predicted octanol–water partition coefficient (Wildman–Crippen LogP) is 1.46. The number of aromatic nitrogens is 2. The highest BCUT2D eigenvalue weighted by molar-refractivity contribution is 5.93. The van der Waals surface area contributed by atoms with E-state index in [2.05, 4.69) is 28.7 Å². The fourth-order valence-corrected chi connectivity index (χ4v) is 4.79. The average Bonchev–Trinajstić information content (AvgIpc) is 2.67. The summed E-state index contributed by atoms with van der Waals surface area (Å²) in [6.07, 6.45) is 2.88. The van der Waals surface area contributed by atoms with Crippen LogP contribution in [0.2, 0.25) is 0 Å². The van der Waals surface area contributed by atoms with Gasteiger partial charge in [0.15, 0.2) is 0 Å². The van der Waals surface area contributed by atoms with E-state index in [0.717, 1.165) is 19.4 Å². The van der Waals surface area contributed by atoms with Crippen LogP contribution < -0.4 is 11.2 Å². The number of amides is 1. The number of likely N-dealkylation sites (tertiary alicyclic amines) is 2. The third-order valence-electron chi connectivity index (χ3n) is 6.38. The lowest BCUT2D eigenvalue weighted by Gasteiger charge is -2.62. The standard InChI is InChI=1S/C21H26N4O4/c1-13(2)25-12-21(17(25)14-3-5-15(26)6-4-14)7-9-24(10-8-21)19(28)16-11-22-20(29)23-18(16)27/h3-6,11,13,17,26H,7-10,12H2,1-2H3,(H2,22,23,27,29). The first kappa shape index (κ1) is 19.4. The number of H-pyrrole nitrogens is 2. The molecular weight excluding hydrogens is 372 g/mol. The molecule has 0 aliphatic carbocycles. The number of carbonyl (C=O) groups excluding carboxylic acids is 1. The highest BCUT2D eigenvalue weighted by Gasteiger charge is 2.54. The first-order valence-corrected chi connectivity index (χ1v) is 9.97. The molecule has 3 N–H and O–H groups in total. The van der Waals surface area contributed by atoms with E-state index >= 15 is 0 Å². The average molecular weight is 398 g/mol. The van der Waals surface area contributed by atoms with E-state index in [0.29, 0.717) is 19.1 Å². The smallest absolute Gasteiger partial charge is 0.325 e. The van der Waals surface area contributed by atoms with Crippen LogP contribution in [0.25, 0.3) is 0 Å². The van der Waals surface area contributed by atoms with Gasteiger partial charge in [-0.2, -0.15) is 0 Å². The zero-order valence-electron chi connectivity index (χ0n) is 16.6. The lowest BCUT2D eigenvalue weighted by molar-refractivity contribution is -0.124. The molecule has 2 fully saturated rings. The van der Waals surface area contributed by atoms with Crippen molar-refractivity contribution in [2.24, 2.45) is 5.41 Å². The van der Waals surface area contributed by atoms with E-state index in [-0.39, 0.29) is 28.7 Å². The molecule has 0 radical (unpaired) electrons. The Morgan fingerprint density at radius 1 is 1.17 bits per heavy atom. The number of phenolic OH excluding ortho intramolecular Hbond substituents is 1. The Morgan fingerprint density at radius 2 is 1.83 bits per heavy atom. The number of hydrogen-bond donors (Lipinski definition) is 3. The van der Waals surface area contributed by atoms with Crippen LogP contribution in [0.4, 0.5) is 0 Å². The quantitative estimate of drug-likeness (QED) is 0.725. The summed E-state index contributed by atoms with van der Waals surface area (Å²) < 4.78 is 0. The number of phenols is 1. The number of aromatic amines is 2. The van der Waals surface area contributed by atoms with Crippen LogP contribution in [0, 0.1) is 5.41 Å². The number of aromatic hydroxyl groups is 1. The van der Waals surface area contributed by atoms with Gasteiger partial charge in [0.1, 0.15) is 11.3 Å². The van der Waals surface area contributed by atoms with Crippen LogP contribution in [-0.4, -0.2) is 56.5 Å². The van der Waals surface area contributed by atoms with Crippen molar-refractivity contribution in [3.05, 3.63) is 62.4 Å². The molecule has 8 nitrogen and oxygen atoms in total. The summed E-state index contributed by atoms with van der Waals surface area (Å²) >= 11 is 0. The summed E-state index contributed by atoms with van der Waals surface area (Å²) in [4.78, 5) is 44.5. The van der Waals surface area contributed by atoms with Crippen LogP contribution in [0.3, 0.4) is 0 Å². The molecule has 1 aromatic heterocycles. The highest BCUT2D eigenvalue weighted by atomic mass is 16.3. The molecule has 4 rings (SSSR count). The van der Waals surface area contributed by atoms with Gasteiger partial charge in [0.25, 0.3) is 11.5 Å². The van der Waals surface area contributed by atoms with E-state index < -0.39 is 11.2 Å². The lowest BCUT2D eigenvalue weighted by atomic mass is 9.62. The van der Waals surface area contributed by atoms with Crippen LogP contribution in [0.15, 0.2) is 40.1 Å². The Morgan fingerprint density at radius 3 is 2.41 bits per heavy atom. The van der Waals surface area contributed by atoms with Gasteiger partial charge in [0, 0.05) is 43.3 Å². The van der Waals surface area contributed by atoms with Gasteiger partial charge < -0.3 is 15.0 Å². The van der Waals surface area contributed by atoms with Crippen molar-refractivity contribution in [2.45, 2.75) is 38.8 Å². The zero-order valence-corrected chi connectivity index (χ0v) is 16.6. The summed E-state index contributed by atoms with van der Waals surface area (Å²) in [6.45, 7) is 6.47. The molecule has 1 aromatic carbocycles. The molecule has 1 spiro atoms. The summed E-state index contributed by atoms with van der Waals surface area (Å²) in [5.74, 6) is -0.0941. The van der Waals surface area contributed by atoms with Crippen molar-refractivity contribution in [1.29, 1.82) is 0 Å². The van der Waals surface area contributed by atoms with E-state index in [1.165, 1.54) is 11.8 Å². The van der Waals surface area contributed by atoms with Crippen molar-refractivity contribution in [3.8, 4) is 5.75 Å². The maximum absolute atomic E-state index is 12.8. The number of rotatable bonds is 3. The molecule has 2 saturated heterocycles. The third-order valence-corrected chi connectivity index (χ3v) is 6.38. The minimum absolute atomic E-state index is 0.0342. The van der Waals surface area contributed by atoms with Gasteiger partial charge in [0.2, 0.25) is 0 Å². The van der Waals surface area contributed by atoms with Crippen molar-refractivity contribution in [3.63, 3.8) is 0 Å². The molecule has 29 heavy (non-hydrogen) atoms. The fraction of sp³-hybridized carbons (Fsp3) is 0.476. The molecule has 0 saturated carbocycles. The lowest BCUT2D eigenvalue weighted by Crippen LogP contribution is -2.64. The second-order valence-electron chi connectivity index (χ2n) is 8.40. The minimum atomic E-state index is -0.657. The first-order valence-electron chi connectivity index (χ1n) is 9.97. The Kier molecular flexibility index (Phi) is 4.82. The topological polar surface area (TPSA) is 110 Å². The Bertz CT molecular complexity index is 1020. The van der Waals surface area contributed by atoms with Gasteiger partial charge in [-0.3, -0.25) is 19.5 Å². The van der Waals surface area contributed by atoms with Crippen LogP contribution in [0.5, 0.6) is 5.75 Å². The molecule has 8 heteroatoms. The van der Waals surface area contributed by atoms with Gasteiger partial charge in [-0.15, -0.1) is 0 Å². The molecule has 2 aliphatic heterocycles. The number of carbonyl (C=O) groups is 1. The Balaban J connectivity index is 1.52. The molecule has 1 amide bonds. The monoisotopic (exact) mass is 398 g/mol. The van der Waals surface area contributed by atoms with E-state index in [9.17, 15) is 19.5 Å². The van der Waals surface area contributed by atoms with Crippen LogP contribution in [0.1, 0.15) is 48.7 Å². The van der Waals surface area contributed by atoms with Gasteiger partial charge in [-0.05, 0) is 44.4 Å². The van der Waals surface area contributed by atoms with Gasteiger partial charge in [0.05, 0.1) is 0 Å². The van der Waals surface area contributed by atoms with E-state index in [1.807, 2.05) is 12.1 Å². The Hall–Kier alpha value is -2.87. The molecule has 1 unspecified atom stereocenters. The summed E-state index contributed by atoms with van der Waals surface area (Å²) in [7, 11) is 0. The molecule has 154 valence electrons. The van der Waals surface area contributed by atoms with Gasteiger partial charge in [-0.25, -0.2) is 4.79 Å². The zero-order chi connectivity index (χ0) is 20.8. The number of nitrogens with zero attached hydrogens (tertiary/aromatic N) is 2. The SMILES string of the molecule is CC(C)N1CC2(CCN(C(=O)c3c[nH]c(=O)[nH]c3=O)CC2)C1c1ccc(O)cc1. The van der Waals surface area contributed by atoms with Crippen LogP contribution >= 0.6 is 0 Å². The Labute approximate surface area is 168 Å². The van der Waals surface area contributed by atoms with Crippen molar-refractivity contribution in [1.82, 2.24) is 19.8 Å². The molecule has 3 heterocycles. The minimum Gasteiger partial charge on any atom is -0.508 e. The van der Waals surface area contributed by atoms with Crippen molar-refractivity contribution < 1.29 is 9.90 Å². The normalized spacial score (nSPS) is 21.3. The maximum Gasteiger partial charge on any atom is 0.325 e. The molecular formula is C21H26N4O4. The van der Waals surface area contributed by atoms with E-state index in [4.69, 9.17) is 0 Å². The van der Waals surface area contributed by atoms with E-state index in [1.54, 1.807) is 17.0 Å². The molecule has 1 atom stereocenters. The number of benzene rings is 1. The maximum atomic E-state index is 12.8. The largest absolute Gasteiger partial charge is 0.508 e. The summed E-state index contributed by atoms with van der Waals surface area (Å²) in [5, 5.41) is 9.64. The second kappa shape index (κ2) is 7.18. The number of piperidine rings is 1. The molecule has 2 aromatic rings. The van der Waals surface area contributed by atoms with Gasteiger partial charge >= 0.3 is 5.69 Å². The number of nitrogens with one attached hydrogen (secondary N) is 2. The van der Waals surface area contributed by atoms with Crippen molar-refractivity contribution in [2.75, 3.05) is 19.6 Å². The third kappa shape index (κ3) is 3.37. The molecule has 2 aliphatic rings. The van der Waals surface area contributed by atoms with Crippen molar-refractivity contribution >= 4 is 5.91 Å². The van der Waals surface area contributed by atoms with Crippen LogP contribution in [-0.2, 0) is 0 Å². The highest BCUT2D eigenvalue weighted by Crippen LogP contribution is 2.55. The van der Waals surface area contributed by atoms with Gasteiger partial charge in [-0.1, -0.05) is 12.1 Å². The molecule has 0 bridgehead atoms. The summed E-state index contributed by atoms with van der Waals surface area (Å²) in [6, 6.07) is 8.05.